The van der Waals surface area contributed by atoms with Crippen LogP contribution in [0.25, 0.3) is 0 Å². The predicted molar refractivity (Wildman–Crippen MR) is 48.5 cm³/mol. The van der Waals surface area contributed by atoms with Crippen molar-refractivity contribution in [1.29, 1.82) is 0 Å². The van der Waals surface area contributed by atoms with E-state index >= 15 is 0 Å². The molecular weight excluding hydrogens is 166 g/mol. The zero-order valence-electron chi connectivity index (χ0n) is 7.71. The molecule has 0 amide bonds. The Hall–Kier alpha value is -1.03. The molecule has 13 heavy (non-hydrogen) atoms. The zero-order chi connectivity index (χ0) is 9.00. The fourth-order valence-corrected chi connectivity index (χ4v) is 2.08. The Balaban J connectivity index is 2.13. The first-order chi connectivity index (χ1) is 6.25. The number of hydrogen-bond acceptors (Lipinski definition) is 2. The van der Waals surface area contributed by atoms with Crippen LogP contribution in [0.5, 0.6) is 0 Å². The van der Waals surface area contributed by atoms with Gasteiger partial charge in [-0.05, 0) is 19.9 Å². The van der Waals surface area contributed by atoms with Crippen LogP contribution >= 0.6 is 0 Å². The summed E-state index contributed by atoms with van der Waals surface area (Å²) in [7, 11) is 2.05. The number of nitrogens with one attached hydrogen (secondary N) is 1. The van der Waals surface area contributed by atoms with Gasteiger partial charge in [-0.2, -0.15) is 0 Å². The van der Waals surface area contributed by atoms with Crippen molar-refractivity contribution in [3.05, 3.63) is 21.6 Å². The van der Waals surface area contributed by atoms with Crippen molar-refractivity contribution >= 4 is 0 Å². The Labute approximate surface area is 76.1 Å². The van der Waals surface area contributed by atoms with E-state index in [0.717, 1.165) is 18.7 Å². The minimum Gasteiger partial charge on any atom is -0.296 e. The van der Waals surface area contributed by atoms with Crippen LogP contribution in [0.4, 0.5) is 0 Å². The van der Waals surface area contributed by atoms with E-state index in [-0.39, 0.29) is 5.56 Å². The molecule has 0 atom stereocenters. The van der Waals surface area contributed by atoms with Gasteiger partial charge in [0.2, 0.25) is 0 Å². The lowest BCUT2D eigenvalue weighted by molar-refractivity contribution is 0.340. The summed E-state index contributed by atoms with van der Waals surface area (Å²) < 4.78 is 2.08. The third-order valence-electron chi connectivity index (χ3n) is 2.89. The lowest BCUT2D eigenvalue weighted by atomic mass is 10.3. The molecule has 1 saturated carbocycles. The second kappa shape index (κ2) is 2.26. The quantitative estimate of drug-likeness (QED) is 0.680. The van der Waals surface area contributed by atoms with Crippen LogP contribution in [-0.2, 0) is 13.1 Å². The molecule has 2 heterocycles. The molecule has 1 aliphatic heterocycles. The highest BCUT2D eigenvalue weighted by atomic mass is 16.1. The molecule has 0 saturated heterocycles. The van der Waals surface area contributed by atoms with Crippen molar-refractivity contribution in [3.63, 3.8) is 0 Å². The van der Waals surface area contributed by atoms with Crippen LogP contribution in [0.2, 0.25) is 0 Å². The van der Waals surface area contributed by atoms with Crippen molar-refractivity contribution in [3.8, 4) is 0 Å². The van der Waals surface area contributed by atoms with Crippen molar-refractivity contribution in [2.45, 2.75) is 32.0 Å². The second-order valence-corrected chi connectivity index (χ2v) is 4.14. The number of aromatic nitrogens is 2. The van der Waals surface area contributed by atoms with Gasteiger partial charge in [0.25, 0.3) is 5.56 Å². The minimum absolute atomic E-state index is 0.117. The molecule has 3 rings (SSSR count). The van der Waals surface area contributed by atoms with Gasteiger partial charge >= 0.3 is 0 Å². The Kier molecular flexibility index (Phi) is 1.28. The molecule has 1 aliphatic carbocycles. The van der Waals surface area contributed by atoms with Crippen molar-refractivity contribution < 1.29 is 0 Å². The first-order valence-corrected chi connectivity index (χ1v) is 4.76. The lowest BCUT2D eigenvalue weighted by Crippen LogP contribution is -2.16. The molecule has 0 radical (unpaired) electrons. The maximum atomic E-state index is 11.5. The van der Waals surface area contributed by atoms with Gasteiger partial charge < -0.3 is 0 Å². The van der Waals surface area contributed by atoms with Crippen LogP contribution in [0, 0.1) is 0 Å². The highest BCUT2D eigenvalue weighted by Crippen LogP contribution is 2.36. The highest BCUT2D eigenvalue weighted by molar-refractivity contribution is 5.23. The third kappa shape index (κ3) is 0.983. The van der Waals surface area contributed by atoms with Gasteiger partial charge in [0.05, 0.1) is 17.3 Å². The second-order valence-electron chi connectivity index (χ2n) is 4.14. The molecule has 1 N–H and O–H groups in total. The molecule has 2 aliphatic rings. The molecule has 1 fully saturated rings. The first-order valence-electron chi connectivity index (χ1n) is 4.76. The molecule has 0 aromatic carbocycles. The zero-order valence-corrected chi connectivity index (χ0v) is 7.71. The van der Waals surface area contributed by atoms with Crippen molar-refractivity contribution in [2.75, 3.05) is 7.05 Å². The van der Waals surface area contributed by atoms with E-state index in [0.29, 0.717) is 6.04 Å². The van der Waals surface area contributed by atoms with E-state index in [9.17, 15) is 4.79 Å². The summed E-state index contributed by atoms with van der Waals surface area (Å²) in [6.07, 6.45) is 2.45. The van der Waals surface area contributed by atoms with Crippen molar-refractivity contribution in [1.82, 2.24) is 14.7 Å². The largest absolute Gasteiger partial charge is 0.296 e. The van der Waals surface area contributed by atoms with Gasteiger partial charge in [-0.25, -0.2) is 0 Å². The molecule has 1 aromatic rings. The normalized spacial score (nSPS) is 22.2. The maximum absolute atomic E-state index is 11.5. The number of hydrogen-bond donors (Lipinski definition) is 1. The fourth-order valence-electron chi connectivity index (χ4n) is 2.08. The van der Waals surface area contributed by atoms with E-state index in [1.165, 1.54) is 18.5 Å². The van der Waals surface area contributed by atoms with Crippen LogP contribution in [0.15, 0.2) is 4.79 Å². The van der Waals surface area contributed by atoms with E-state index in [2.05, 4.69) is 21.7 Å². The topological polar surface area (TPSA) is 41.0 Å². The van der Waals surface area contributed by atoms with Crippen LogP contribution < -0.4 is 5.56 Å². The molecule has 0 bridgehead atoms. The van der Waals surface area contributed by atoms with Crippen LogP contribution in [0.1, 0.15) is 30.1 Å². The predicted octanol–water partition coefficient (Wildman–Crippen LogP) is 0.457. The summed E-state index contributed by atoms with van der Waals surface area (Å²) in [6, 6.07) is 0.586. The molecule has 4 nitrogen and oxygen atoms in total. The number of nitrogens with zero attached hydrogens (tertiary/aromatic N) is 2. The summed E-state index contributed by atoms with van der Waals surface area (Å²) >= 11 is 0. The highest BCUT2D eigenvalue weighted by Gasteiger charge is 2.31. The molecule has 0 unspecified atom stereocenters. The molecule has 70 valence electrons. The summed E-state index contributed by atoms with van der Waals surface area (Å²) in [6.45, 7) is 1.73. The van der Waals surface area contributed by atoms with Crippen LogP contribution in [-0.4, -0.2) is 21.7 Å². The van der Waals surface area contributed by atoms with Gasteiger partial charge in [0.15, 0.2) is 0 Å². The minimum atomic E-state index is 0.117. The van der Waals surface area contributed by atoms with E-state index in [1.807, 2.05) is 0 Å². The van der Waals surface area contributed by atoms with E-state index < -0.39 is 0 Å². The van der Waals surface area contributed by atoms with Gasteiger partial charge in [-0.1, -0.05) is 0 Å². The first kappa shape index (κ1) is 7.38. The summed E-state index contributed by atoms with van der Waals surface area (Å²) in [5.41, 5.74) is 2.32. The Bertz CT molecular complexity index is 399. The SMILES string of the molecule is CN1Cc2c(n(C3CC3)[nH]c2=O)C1. The lowest BCUT2D eigenvalue weighted by Gasteiger charge is -2.07. The Morgan fingerprint density at radius 2 is 2.15 bits per heavy atom. The van der Waals surface area contributed by atoms with Gasteiger partial charge in [0, 0.05) is 13.1 Å². The standard InChI is InChI=1S/C9H13N3O/c1-11-4-7-8(5-11)12(6-2-3-6)10-9(7)13/h6H,2-5H2,1H3,(H,10,13). The number of H-pyrrole nitrogens is 1. The average molecular weight is 179 g/mol. The van der Waals surface area contributed by atoms with Gasteiger partial charge in [-0.15, -0.1) is 0 Å². The fraction of sp³-hybridized carbons (Fsp3) is 0.667. The monoisotopic (exact) mass is 179 g/mol. The van der Waals surface area contributed by atoms with E-state index in [4.69, 9.17) is 0 Å². The number of fused-ring (bicyclic) bond motifs is 1. The molecular formula is C9H13N3O. The maximum Gasteiger partial charge on any atom is 0.268 e. The van der Waals surface area contributed by atoms with Gasteiger partial charge in [0.1, 0.15) is 0 Å². The third-order valence-corrected chi connectivity index (χ3v) is 2.89. The summed E-state index contributed by atoms with van der Waals surface area (Å²) in [5, 5.41) is 2.93. The Morgan fingerprint density at radius 3 is 2.85 bits per heavy atom. The van der Waals surface area contributed by atoms with Crippen LogP contribution in [0.3, 0.4) is 0 Å². The van der Waals surface area contributed by atoms with Crippen molar-refractivity contribution in [2.24, 2.45) is 0 Å². The smallest absolute Gasteiger partial charge is 0.268 e. The summed E-state index contributed by atoms with van der Waals surface area (Å²) in [4.78, 5) is 13.7. The average Bonchev–Trinajstić information content (AvgIpc) is 2.78. The number of aromatic amines is 1. The number of rotatable bonds is 1. The summed E-state index contributed by atoms with van der Waals surface area (Å²) in [5.74, 6) is 0. The molecule has 1 aromatic heterocycles. The molecule has 0 spiro atoms. The van der Waals surface area contributed by atoms with Gasteiger partial charge in [-0.3, -0.25) is 19.5 Å². The molecule has 4 heteroatoms. The Morgan fingerprint density at radius 1 is 1.38 bits per heavy atom. The van der Waals surface area contributed by atoms with E-state index in [1.54, 1.807) is 0 Å².